The fourth-order valence-electron chi connectivity index (χ4n) is 4.72. The van der Waals surface area contributed by atoms with Crippen molar-refractivity contribution in [2.45, 2.75) is 0 Å². The molecule has 0 fully saturated rings. The summed E-state index contributed by atoms with van der Waals surface area (Å²) in [6.07, 6.45) is 0. The highest BCUT2D eigenvalue weighted by atomic mass is 15.1. The zero-order valence-electron chi connectivity index (χ0n) is 19.4. The minimum Gasteiger partial charge on any atom is -0.310 e. The quantitative estimate of drug-likeness (QED) is 0.254. The van der Waals surface area contributed by atoms with Crippen LogP contribution in [0.2, 0.25) is 0 Å². The van der Waals surface area contributed by atoms with Gasteiger partial charge < -0.3 is 4.90 Å². The van der Waals surface area contributed by atoms with Gasteiger partial charge in [-0.3, -0.25) is 0 Å². The molecule has 0 radical (unpaired) electrons. The van der Waals surface area contributed by atoms with Crippen LogP contribution in [-0.2, 0) is 0 Å². The van der Waals surface area contributed by atoms with Gasteiger partial charge in [0.2, 0.25) is 0 Å². The fraction of sp³-hybridized carbons (Fsp3) is 0. The molecular weight excluding hydrogens is 422 g/mol. The van der Waals surface area contributed by atoms with Gasteiger partial charge in [0, 0.05) is 16.9 Å². The molecule has 0 heterocycles. The molecule has 0 aliphatic carbocycles. The standard InChI is InChI=1S/C34H25N/c1-4-13-26(14-5-1)28-19-12-22-32(23-28)35(31-20-8-3-9-21-31)34-25-30-18-11-10-17-29(30)24-33(34)27-15-6-2-7-16-27/h1-25H. The highest BCUT2D eigenvalue weighted by Gasteiger charge is 2.18. The van der Waals surface area contributed by atoms with Crippen molar-refractivity contribution < 1.29 is 0 Å². The fourth-order valence-corrected chi connectivity index (χ4v) is 4.72. The monoisotopic (exact) mass is 447 g/mol. The molecule has 0 unspecified atom stereocenters. The Hall–Kier alpha value is -4.62. The SMILES string of the molecule is c1ccc(-c2cccc(N(c3ccccc3)c3cc4ccccc4cc3-c3ccccc3)c2)cc1. The van der Waals surface area contributed by atoms with Gasteiger partial charge in [-0.2, -0.15) is 0 Å². The smallest absolute Gasteiger partial charge is 0.0546 e. The van der Waals surface area contributed by atoms with Crippen LogP contribution in [0.4, 0.5) is 17.1 Å². The van der Waals surface area contributed by atoms with Crippen LogP contribution in [0.5, 0.6) is 0 Å². The summed E-state index contributed by atoms with van der Waals surface area (Å²) in [5.41, 5.74) is 8.24. The first kappa shape index (κ1) is 20.9. The molecule has 0 amide bonds. The summed E-state index contributed by atoms with van der Waals surface area (Å²) in [7, 11) is 0. The van der Waals surface area contributed by atoms with Gasteiger partial charge in [-0.05, 0) is 63.9 Å². The van der Waals surface area contributed by atoms with Crippen LogP contribution in [0, 0.1) is 0 Å². The molecule has 0 N–H and O–H groups in total. The zero-order chi connectivity index (χ0) is 23.5. The number of fused-ring (bicyclic) bond motifs is 1. The molecule has 6 rings (SSSR count). The molecule has 0 spiro atoms. The number of nitrogens with zero attached hydrogens (tertiary/aromatic N) is 1. The van der Waals surface area contributed by atoms with Crippen molar-refractivity contribution >= 4 is 27.8 Å². The second kappa shape index (κ2) is 9.32. The molecular formula is C34H25N. The molecule has 1 heteroatoms. The maximum Gasteiger partial charge on any atom is 0.0546 e. The molecule has 1 nitrogen and oxygen atoms in total. The Labute approximate surface area is 206 Å². The third-order valence-electron chi connectivity index (χ3n) is 6.42. The highest BCUT2D eigenvalue weighted by molar-refractivity contribution is 5.98. The first-order valence-corrected chi connectivity index (χ1v) is 12.0. The summed E-state index contributed by atoms with van der Waals surface area (Å²) in [4.78, 5) is 2.38. The Bertz CT molecular complexity index is 1570. The molecule has 6 aromatic carbocycles. The third-order valence-corrected chi connectivity index (χ3v) is 6.42. The molecule has 166 valence electrons. The summed E-state index contributed by atoms with van der Waals surface area (Å²) in [6, 6.07) is 53.9. The van der Waals surface area contributed by atoms with E-state index >= 15 is 0 Å². The van der Waals surface area contributed by atoms with Gasteiger partial charge in [-0.25, -0.2) is 0 Å². The van der Waals surface area contributed by atoms with Crippen LogP contribution in [-0.4, -0.2) is 0 Å². The number of rotatable bonds is 5. The highest BCUT2D eigenvalue weighted by Crippen LogP contribution is 2.43. The largest absolute Gasteiger partial charge is 0.310 e. The second-order valence-corrected chi connectivity index (χ2v) is 8.67. The van der Waals surface area contributed by atoms with Crippen LogP contribution in [0.15, 0.2) is 152 Å². The van der Waals surface area contributed by atoms with E-state index in [1.54, 1.807) is 0 Å². The number of para-hydroxylation sites is 1. The Balaban J connectivity index is 1.62. The first-order chi connectivity index (χ1) is 17.4. The van der Waals surface area contributed by atoms with E-state index in [-0.39, 0.29) is 0 Å². The van der Waals surface area contributed by atoms with Gasteiger partial charge in [-0.15, -0.1) is 0 Å². The van der Waals surface area contributed by atoms with Crippen molar-refractivity contribution in [2.24, 2.45) is 0 Å². The van der Waals surface area contributed by atoms with Gasteiger partial charge in [0.15, 0.2) is 0 Å². The molecule has 0 atom stereocenters. The Kier molecular flexibility index (Phi) is 5.58. The summed E-state index contributed by atoms with van der Waals surface area (Å²) in [5.74, 6) is 0. The minimum atomic E-state index is 1.13. The summed E-state index contributed by atoms with van der Waals surface area (Å²) in [6.45, 7) is 0. The van der Waals surface area contributed by atoms with Crippen LogP contribution in [0.1, 0.15) is 0 Å². The average Bonchev–Trinajstić information content (AvgIpc) is 2.94. The van der Waals surface area contributed by atoms with Gasteiger partial charge in [0.25, 0.3) is 0 Å². The lowest BCUT2D eigenvalue weighted by Crippen LogP contribution is -2.11. The van der Waals surface area contributed by atoms with Crippen molar-refractivity contribution in [1.29, 1.82) is 0 Å². The van der Waals surface area contributed by atoms with Gasteiger partial charge in [0.05, 0.1) is 5.69 Å². The van der Waals surface area contributed by atoms with E-state index in [1.165, 1.54) is 33.0 Å². The summed E-state index contributed by atoms with van der Waals surface area (Å²) >= 11 is 0. The predicted octanol–water partition coefficient (Wildman–Crippen LogP) is 9.64. The predicted molar refractivity (Wildman–Crippen MR) is 150 cm³/mol. The van der Waals surface area contributed by atoms with E-state index in [1.807, 2.05) is 0 Å². The molecule has 6 aromatic rings. The van der Waals surface area contributed by atoms with E-state index in [0.717, 1.165) is 17.1 Å². The lowest BCUT2D eigenvalue weighted by Gasteiger charge is -2.29. The van der Waals surface area contributed by atoms with Crippen molar-refractivity contribution in [1.82, 2.24) is 0 Å². The molecule has 0 aliphatic heterocycles. The van der Waals surface area contributed by atoms with Crippen molar-refractivity contribution in [3.63, 3.8) is 0 Å². The van der Waals surface area contributed by atoms with Crippen molar-refractivity contribution in [2.75, 3.05) is 4.90 Å². The van der Waals surface area contributed by atoms with Gasteiger partial charge in [-0.1, -0.05) is 115 Å². The lowest BCUT2D eigenvalue weighted by atomic mass is 9.97. The molecule has 0 bridgehead atoms. The van der Waals surface area contributed by atoms with E-state index in [0.29, 0.717) is 0 Å². The van der Waals surface area contributed by atoms with Crippen molar-refractivity contribution in [3.05, 3.63) is 152 Å². The van der Waals surface area contributed by atoms with E-state index in [9.17, 15) is 0 Å². The number of anilines is 3. The van der Waals surface area contributed by atoms with Crippen LogP contribution in [0.25, 0.3) is 33.0 Å². The number of hydrogen-bond acceptors (Lipinski definition) is 1. The lowest BCUT2D eigenvalue weighted by molar-refractivity contribution is 1.29. The molecule has 35 heavy (non-hydrogen) atoms. The third kappa shape index (κ3) is 4.20. The topological polar surface area (TPSA) is 3.24 Å². The second-order valence-electron chi connectivity index (χ2n) is 8.67. The van der Waals surface area contributed by atoms with Crippen LogP contribution < -0.4 is 4.90 Å². The Morgan fingerprint density at radius 3 is 1.54 bits per heavy atom. The Morgan fingerprint density at radius 1 is 0.343 bits per heavy atom. The molecule has 0 aromatic heterocycles. The summed E-state index contributed by atoms with van der Waals surface area (Å²) in [5, 5.41) is 2.46. The van der Waals surface area contributed by atoms with E-state index in [2.05, 4.69) is 157 Å². The summed E-state index contributed by atoms with van der Waals surface area (Å²) < 4.78 is 0. The number of hydrogen-bond donors (Lipinski definition) is 0. The maximum absolute atomic E-state index is 2.38. The number of benzene rings is 6. The first-order valence-electron chi connectivity index (χ1n) is 12.0. The van der Waals surface area contributed by atoms with E-state index in [4.69, 9.17) is 0 Å². The molecule has 0 saturated carbocycles. The molecule has 0 saturated heterocycles. The zero-order valence-corrected chi connectivity index (χ0v) is 19.4. The van der Waals surface area contributed by atoms with E-state index < -0.39 is 0 Å². The van der Waals surface area contributed by atoms with Crippen molar-refractivity contribution in [3.8, 4) is 22.3 Å². The Morgan fingerprint density at radius 2 is 0.857 bits per heavy atom. The van der Waals surface area contributed by atoms with Crippen LogP contribution in [0.3, 0.4) is 0 Å². The van der Waals surface area contributed by atoms with Gasteiger partial charge in [0.1, 0.15) is 0 Å². The van der Waals surface area contributed by atoms with Crippen LogP contribution >= 0.6 is 0 Å². The van der Waals surface area contributed by atoms with Gasteiger partial charge >= 0.3 is 0 Å². The average molecular weight is 448 g/mol. The molecule has 0 aliphatic rings. The normalized spacial score (nSPS) is 10.9. The minimum absolute atomic E-state index is 1.13. The maximum atomic E-state index is 2.38.